The largest absolute Gasteiger partial charge is 0.393 e. The molecule has 2 heteroatoms. The van der Waals surface area contributed by atoms with Crippen LogP contribution in [0.4, 0.5) is 0 Å². The number of aliphatic hydroxyl groups is 1. The molecular formula is C9H16O2. The molecule has 0 spiro atoms. The summed E-state index contributed by atoms with van der Waals surface area (Å²) in [4.78, 5) is 0. The van der Waals surface area contributed by atoms with Crippen molar-refractivity contribution in [3.8, 4) is 0 Å². The molecule has 0 aliphatic carbocycles. The molecular weight excluding hydrogens is 140 g/mol. The lowest BCUT2D eigenvalue weighted by Crippen LogP contribution is -2.40. The van der Waals surface area contributed by atoms with E-state index in [1.165, 1.54) is 0 Å². The minimum absolute atomic E-state index is 0.0718. The zero-order chi connectivity index (χ0) is 8.32. The zero-order valence-electron chi connectivity index (χ0n) is 7.10. The molecule has 1 aliphatic heterocycles. The monoisotopic (exact) mass is 156 g/mol. The molecule has 0 aromatic carbocycles. The Bertz CT molecular complexity index is 146. The average molecular weight is 156 g/mol. The summed E-state index contributed by atoms with van der Waals surface area (Å²) >= 11 is 0. The molecule has 1 N–H and O–H groups in total. The van der Waals surface area contributed by atoms with Gasteiger partial charge in [0.2, 0.25) is 0 Å². The Hall–Kier alpha value is -0.340. The summed E-state index contributed by atoms with van der Waals surface area (Å²) in [6.07, 6.45) is 3.15. The molecule has 1 fully saturated rings. The Labute approximate surface area is 67.9 Å². The number of hydrogen-bond donors (Lipinski definition) is 1. The van der Waals surface area contributed by atoms with Gasteiger partial charge in [0, 0.05) is 6.61 Å². The van der Waals surface area contributed by atoms with Crippen molar-refractivity contribution in [3.05, 3.63) is 12.2 Å². The summed E-state index contributed by atoms with van der Waals surface area (Å²) in [5.41, 5.74) is 0.526. The Morgan fingerprint density at radius 3 is 2.64 bits per heavy atom. The first-order chi connectivity index (χ1) is 5.21. The second-order valence-corrected chi connectivity index (χ2v) is 3.24. The maximum Gasteiger partial charge on any atom is 0.112 e. The van der Waals surface area contributed by atoms with Crippen LogP contribution >= 0.6 is 0 Å². The highest BCUT2D eigenvalue weighted by atomic mass is 16.5. The predicted octanol–water partition coefficient (Wildman–Crippen LogP) is 1.49. The van der Waals surface area contributed by atoms with Crippen molar-refractivity contribution in [2.45, 2.75) is 31.8 Å². The molecule has 0 amide bonds. The second-order valence-electron chi connectivity index (χ2n) is 3.24. The lowest BCUT2D eigenvalue weighted by atomic mass is 9.89. The van der Waals surface area contributed by atoms with Crippen LogP contribution in [0.1, 0.15) is 26.2 Å². The first kappa shape index (κ1) is 8.75. The fourth-order valence-electron chi connectivity index (χ4n) is 1.45. The highest BCUT2D eigenvalue weighted by Crippen LogP contribution is 2.30. The Kier molecular flexibility index (Phi) is 2.68. The van der Waals surface area contributed by atoms with Crippen molar-refractivity contribution in [1.29, 1.82) is 0 Å². The summed E-state index contributed by atoms with van der Waals surface area (Å²) in [5.74, 6) is 0. The van der Waals surface area contributed by atoms with Crippen molar-refractivity contribution in [2.24, 2.45) is 0 Å². The highest BCUT2D eigenvalue weighted by Gasteiger charge is 2.33. The standard InChI is InChI=1S/C9H16O2/c1-8(2)9(7-10)5-3-4-6-11-9/h10H,1,3-7H2,2H3. The van der Waals surface area contributed by atoms with Gasteiger partial charge >= 0.3 is 0 Å². The van der Waals surface area contributed by atoms with Crippen molar-refractivity contribution < 1.29 is 9.84 Å². The minimum atomic E-state index is -0.418. The maximum atomic E-state index is 9.13. The molecule has 0 bridgehead atoms. The van der Waals surface area contributed by atoms with Crippen LogP contribution in [0.15, 0.2) is 12.2 Å². The summed E-state index contributed by atoms with van der Waals surface area (Å²) < 4.78 is 5.53. The van der Waals surface area contributed by atoms with Gasteiger partial charge in [-0.3, -0.25) is 0 Å². The Morgan fingerprint density at radius 2 is 2.36 bits per heavy atom. The third-order valence-electron chi connectivity index (χ3n) is 2.39. The SMILES string of the molecule is C=C(C)C1(CO)CCCCO1. The van der Waals surface area contributed by atoms with Gasteiger partial charge in [-0.1, -0.05) is 6.58 Å². The number of hydrogen-bond acceptors (Lipinski definition) is 2. The molecule has 2 nitrogen and oxygen atoms in total. The molecule has 1 saturated heterocycles. The molecule has 11 heavy (non-hydrogen) atoms. The zero-order valence-corrected chi connectivity index (χ0v) is 7.10. The predicted molar refractivity (Wildman–Crippen MR) is 44.4 cm³/mol. The summed E-state index contributed by atoms with van der Waals surface area (Å²) in [6, 6.07) is 0. The van der Waals surface area contributed by atoms with Crippen molar-refractivity contribution >= 4 is 0 Å². The van der Waals surface area contributed by atoms with Gasteiger partial charge in [-0.2, -0.15) is 0 Å². The summed E-state index contributed by atoms with van der Waals surface area (Å²) in [7, 11) is 0. The second kappa shape index (κ2) is 3.37. The molecule has 1 unspecified atom stereocenters. The molecule has 1 rings (SSSR count). The van der Waals surface area contributed by atoms with E-state index in [4.69, 9.17) is 9.84 Å². The van der Waals surface area contributed by atoms with Gasteiger partial charge in [0.25, 0.3) is 0 Å². The molecule has 1 heterocycles. The van der Waals surface area contributed by atoms with Gasteiger partial charge in [-0.25, -0.2) is 0 Å². The molecule has 0 radical (unpaired) electrons. The lowest BCUT2D eigenvalue weighted by molar-refractivity contribution is -0.0814. The molecule has 0 aromatic rings. The quantitative estimate of drug-likeness (QED) is 0.614. The fraction of sp³-hybridized carbons (Fsp3) is 0.778. The number of aliphatic hydroxyl groups excluding tert-OH is 1. The van der Waals surface area contributed by atoms with Crippen molar-refractivity contribution in [2.75, 3.05) is 13.2 Å². The summed E-state index contributed by atoms with van der Waals surface area (Å²) in [5, 5.41) is 9.13. The van der Waals surface area contributed by atoms with E-state index in [-0.39, 0.29) is 6.61 Å². The van der Waals surface area contributed by atoms with Gasteiger partial charge < -0.3 is 9.84 Å². The summed E-state index contributed by atoms with van der Waals surface area (Å²) in [6.45, 7) is 6.58. The van der Waals surface area contributed by atoms with Gasteiger partial charge in [0.05, 0.1) is 6.61 Å². The minimum Gasteiger partial charge on any atom is -0.393 e. The van der Waals surface area contributed by atoms with Crippen LogP contribution in [0.3, 0.4) is 0 Å². The molecule has 0 aromatic heterocycles. The van der Waals surface area contributed by atoms with E-state index < -0.39 is 5.60 Å². The van der Waals surface area contributed by atoms with E-state index in [0.717, 1.165) is 31.4 Å². The fourth-order valence-corrected chi connectivity index (χ4v) is 1.45. The van der Waals surface area contributed by atoms with E-state index in [2.05, 4.69) is 6.58 Å². The van der Waals surface area contributed by atoms with Crippen LogP contribution in [0.2, 0.25) is 0 Å². The first-order valence-corrected chi connectivity index (χ1v) is 4.12. The number of ether oxygens (including phenoxy) is 1. The molecule has 0 saturated carbocycles. The third kappa shape index (κ3) is 1.63. The van der Waals surface area contributed by atoms with Gasteiger partial charge in [0.1, 0.15) is 5.60 Å². The maximum absolute atomic E-state index is 9.13. The van der Waals surface area contributed by atoms with Gasteiger partial charge in [-0.05, 0) is 31.8 Å². The smallest absolute Gasteiger partial charge is 0.112 e. The van der Waals surface area contributed by atoms with Crippen LogP contribution in [0, 0.1) is 0 Å². The number of rotatable bonds is 2. The average Bonchev–Trinajstić information content (AvgIpc) is 2.05. The van der Waals surface area contributed by atoms with Crippen molar-refractivity contribution in [3.63, 3.8) is 0 Å². The Balaban J connectivity index is 2.64. The first-order valence-electron chi connectivity index (χ1n) is 4.12. The van der Waals surface area contributed by atoms with Crippen LogP contribution in [0.5, 0.6) is 0 Å². The van der Waals surface area contributed by atoms with E-state index in [9.17, 15) is 0 Å². The van der Waals surface area contributed by atoms with Crippen LogP contribution in [-0.2, 0) is 4.74 Å². The molecule has 64 valence electrons. The van der Waals surface area contributed by atoms with Gasteiger partial charge in [-0.15, -0.1) is 0 Å². The topological polar surface area (TPSA) is 29.5 Å². The van der Waals surface area contributed by atoms with E-state index in [1.54, 1.807) is 0 Å². The normalized spacial score (nSPS) is 31.8. The lowest BCUT2D eigenvalue weighted by Gasteiger charge is -2.36. The molecule has 1 aliphatic rings. The van der Waals surface area contributed by atoms with Crippen LogP contribution in [0.25, 0.3) is 0 Å². The van der Waals surface area contributed by atoms with Crippen molar-refractivity contribution in [1.82, 2.24) is 0 Å². The van der Waals surface area contributed by atoms with Gasteiger partial charge in [0.15, 0.2) is 0 Å². The van der Waals surface area contributed by atoms with Crippen LogP contribution < -0.4 is 0 Å². The highest BCUT2D eigenvalue weighted by molar-refractivity contribution is 5.11. The van der Waals surface area contributed by atoms with E-state index >= 15 is 0 Å². The Morgan fingerprint density at radius 1 is 1.64 bits per heavy atom. The molecule has 1 atom stereocenters. The van der Waals surface area contributed by atoms with E-state index in [1.807, 2.05) is 6.92 Å². The van der Waals surface area contributed by atoms with E-state index in [0.29, 0.717) is 0 Å². The van der Waals surface area contributed by atoms with Crippen LogP contribution in [-0.4, -0.2) is 23.9 Å². The third-order valence-corrected chi connectivity index (χ3v) is 2.39.